The maximum atomic E-state index is 12.3. The van der Waals surface area contributed by atoms with Crippen LogP contribution in [0.5, 0.6) is 0 Å². The van der Waals surface area contributed by atoms with Crippen LogP contribution in [0, 0.1) is 53.9 Å². The number of nitriles is 3. The second-order valence-corrected chi connectivity index (χ2v) is 7.41. The van der Waals surface area contributed by atoms with Gasteiger partial charge in [-0.1, -0.05) is 45.7 Å². The average Bonchev–Trinajstić information content (AvgIpc) is 3.09. The minimum Gasteiger partial charge on any atom is 0 e. The number of hydrogen-bond donors (Lipinski definition) is 2. The van der Waals surface area contributed by atoms with Gasteiger partial charge in [-0.3, -0.25) is 19.6 Å². The number of hydrogen-bond acceptors (Lipinski definition) is 7. The molecule has 1 aliphatic rings. The van der Waals surface area contributed by atoms with Crippen molar-refractivity contribution in [3.8, 4) is 18.2 Å². The Morgan fingerprint density at radius 1 is 0.721 bits per heavy atom. The Bertz CT molecular complexity index is 1030. The van der Waals surface area contributed by atoms with Crippen LogP contribution in [0.3, 0.4) is 0 Å². The van der Waals surface area contributed by atoms with Crippen molar-refractivity contribution in [3.63, 3.8) is 0 Å². The Labute approximate surface area is 268 Å². The molecule has 1 fully saturated rings. The fourth-order valence-corrected chi connectivity index (χ4v) is 2.96. The first kappa shape index (κ1) is 48.4. The molecule has 2 aromatic rings. The number of rotatable bonds is 4. The van der Waals surface area contributed by atoms with Gasteiger partial charge in [0.25, 0.3) is 11.8 Å². The summed E-state index contributed by atoms with van der Waals surface area (Å²) in [5.74, 6) is -0.417. The molecule has 43 heavy (non-hydrogen) atoms. The zero-order valence-electron chi connectivity index (χ0n) is 24.4. The molecule has 0 radical (unpaired) electrons. The van der Waals surface area contributed by atoms with E-state index in [-0.39, 0.29) is 45.0 Å². The molecule has 0 spiro atoms. The molecule has 0 aliphatic heterocycles. The van der Waals surface area contributed by atoms with Crippen LogP contribution in [-0.2, 0) is 35.0 Å². The number of pyridine rings is 2. The van der Waals surface area contributed by atoms with E-state index in [4.69, 9.17) is 29.7 Å². The van der Waals surface area contributed by atoms with Crippen molar-refractivity contribution in [2.24, 2.45) is 0 Å². The fourth-order valence-electron chi connectivity index (χ4n) is 2.96. The first-order valence-corrected chi connectivity index (χ1v) is 12.6. The van der Waals surface area contributed by atoms with Crippen molar-refractivity contribution < 1.29 is 44.6 Å². The van der Waals surface area contributed by atoms with Gasteiger partial charge in [0.05, 0.1) is 18.2 Å². The average molecular weight is 670 g/mol. The van der Waals surface area contributed by atoms with E-state index >= 15 is 0 Å². The van der Waals surface area contributed by atoms with E-state index in [0.29, 0.717) is 30.7 Å². The molecule has 2 aromatic heterocycles. The van der Waals surface area contributed by atoms with Gasteiger partial charge in [-0.05, 0) is 37.1 Å². The summed E-state index contributed by atoms with van der Waals surface area (Å²) in [6, 6.07) is 16.1. The summed E-state index contributed by atoms with van der Waals surface area (Å²) >= 11 is 0. The molecular weight excluding hydrogens is 634 g/mol. The third-order valence-corrected chi connectivity index (χ3v) is 4.67. The number of aromatic nitrogens is 2. The van der Waals surface area contributed by atoms with E-state index in [1.807, 2.05) is 39.0 Å². The predicted molar refractivity (Wildman–Crippen MR) is 149 cm³/mol. The second-order valence-electron chi connectivity index (χ2n) is 7.41. The normalized spacial score (nSPS) is 12.8. The molecule has 2 atom stereocenters. The quantitative estimate of drug-likeness (QED) is 0.268. The Hall–Kier alpha value is -4.38. The maximum Gasteiger partial charge on any atom is 0 e. The minimum absolute atomic E-state index is 0. The van der Waals surface area contributed by atoms with E-state index in [0.717, 1.165) is 25.7 Å². The number of amides is 2. The fraction of sp³-hybridized carbons (Fsp3) is 0.400. The molecule has 0 aromatic carbocycles. The molecule has 2 amide bonds. The van der Waals surface area contributed by atoms with Crippen LogP contribution in [0.25, 0.3) is 0 Å². The molecule has 1 saturated carbocycles. The molecule has 2 heterocycles. The standard InChI is InChI=1S/C18H20N4O2.3C3H5N.3CO.Mo/c23-17(15-9-3-5-11-19-15)21-13-7-1-2-8-14(13)22-18(24)16-10-4-6-12-20-16;3*1-2-3-4;3*1-2;/h3-6,9-14H,1-2,7-8H2,(H,21,23)(H,22,24);3*2H2,1H3;;;;/t13-,14-;;;;;;;/m0......./s1. The number of carbonyl (C=O) groups is 2. The summed E-state index contributed by atoms with van der Waals surface area (Å²) in [6.07, 6.45) is 8.80. The topological polar surface area (TPSA) is 215 Å². The van der Waals surface area contributed by atoms with Gasteiger partial charge in [0.15, 0.2) is 0 Å². The monoisotopic (exact) mass is 671 g/mol. The Kier molecular flexibility index (Phi) is 44.7. The van der Waals surface area contributed by atoms with E-state index in [1.165, 1.54) is 0 Å². The third-order valence-electron chi connectivity index (χ3n) is 4.67. The summed E-state index contributed by atoms with van der Waals surface area (Å²) in [6.45, 7) is 19.0. The van der Waals surface area contributed by atoms with Crippen LogP contribution >= 0.6 is 0 Å². The van der Waals surface area contributed by atoms with Crippen molar-refractivity contribution in [2.75, 3.05) is 0 Å². The molecule has 0 unspecified atom stereocenters. The van der Waals surface area contributed by atoms with Crippen molar-refractivity contribution >= 4 is 11.8 Å². The van der Waals surface area contributed by atoms with Crippen molar-refractivity contribution in [3.05, 3.63) is 80.1 Å². The van der Waals surface area contributed by atoms with Crippen molar-refractivity contribution in [2.45, 2.75) is 77.8 Å². The number of carbonyl (C=O) groups excluding carboxylic acids is 2. The molecule has 13 heteroatoms. The number of nitrogens with zero attached hydrogens (tertiary/aromatic N) is 5. The van der Waals surface area contributed by atoms with Crippen molar-refractivity contribution in [1.29, 1.82) is 15.8 Å². The van der Waals surface area contributed by atoms with Gasteiger partial charge in [0.2, 0.25) is 0 Å². The molecule has 0 saturated heterocycles. The Morgan fingerprint density at radius 2 is 1.00 bits per heavy atom. The van der Waals surface area contributed by atoms with Crippen LogP contribution in [0.15, 0.2) is 48.8 Å². The van der Waals surface area contributed by atoms with Gasteiger partial charge < -0.3 is 10.6 Å². The van der Waals surface area contributed by atoms with Crippen LogP contribution in [0.1, 0.15) is 86.7 Å². The van der Waals surface area contributed by atoms with Crippen molar-refractivity contribution in [1.82, 2.24) is 20.6 Å². The van der Waals surface area contributed by atoms with Gasteiger partial charge in [0.1, 0.15) is 11.4 Å². The van der Waals surface area contributed by atoms with E-state index in [2.05, 4.69) is 40.6 Å². The van der Waals surface area contributed by atoms with Crippen LogP contribution in [0.2, 0.25) is 0 Å². The van der Waals surface area contributed by atoms with E-state index < -0.39 is 0 Å². The smallest absolute Gasteiger partial charge is 0 e. The Morgan fingerprint density at radius 3 is 1.21 bits per heavy atom. The van der Waals surface area contributed by atoms with E-state index in [1.54, 1.807) is 48.8 Å². The molecule has 0 bridgehead atoms. The molecule has 1 aliphatic carbocycles. The summed E-state index contributed by atoms with van der Waals surface area (Å²) in [7, 11) is 0. The summed E-state index contributed by atoms with van der Waals surface area (Å²) in [5, 5.41) is 28.9. The van der Waals surface area contributed by atoms with Gasteiger partial charge in [0, 0.05) is 64.8 Å². The molecule has 226 valence electrons. The largest absolute Gasteiger partial charge is 0 e. The predicted octanol–water partition coefficient (Wildman–Crippen LogP) is 4.59. The first-order chi connectivity index (χ1) is 20.5. The van der Waals surface area contributed by atoms with Gasteiger partial charge in [-0.2, -0.15) is 15.8 Å². The summed E-state index contributed by atoms with van der Waals surface area (Å²) in [4.78, 5) is 32.8. The third kappa shape index (κ3) is 27.6. The first-order valence-electron chi connectivity index (χ1n) is 12.6. The second kappa shape index (κ2) is 39.8. The van der Waals surface area contributed by atoms with Gasteiger partial charge in [-0.25, -0.2) is 0 Å². The molecule has 2 N–H and O–H groups in total. The van der Waals surface area contributed by atoms with Gasteiger partial charge >= 0.3 is 33.9 Å². The zero-order chi connectivity index (χ0) is 33.0. The summed E-state index contributed by atoms with van der Waals surface area (Å²) in [5.41, 5.74) is 0.774. The van der Waals surface area contributed by atoms with Crippen LogP contribution in [-0.4, -0.2) is 33.9 Å². The van der Waals surface area contributed by atoms with Crippen LogP contribution in [0.4, 0.5) is 0 Å². The maximum absolute atomic E-state index is 12.3. The van der Waals surface area contributed by atoms with Gasteiger partial charge in [-0.15, -0.1) is 0 Å². The Balaban J connectivity index is -0.000000212. The van der Waals surface area contributed by atoms with Crippen LogP contribution < -0.4 is 10.6 Å². The van der Waals surface area contributed by atoms with E-state index in [9.17, 15) is 9.59 Å². The molecule has 12 nitrogen and oxygen atoms in total. The summed E-state index contributed by atoms with van der Waals surface area (Å²) < 4.78 is 22.5. The zero-order valence-corrected chi connectivity index (χ0v) is 26.4. The molecular formula is C30H35MoN7O5. The molecule has 3 rings (SSSR count). The number of nitrogens with one attached hydrogen (secondary N) is 2. The minimum atomic E-state index is -0.209. The SMILES string of the molecule is CCC#N.CCC#N.CCC#N.O=C(N[C@H]1CCCC[C@@H]1NC(=O)c1ccccn1)c1ccccn1.[C-]#[O+].[C-]#[O+].[C-]#[O+].[Mo].